The first-order valence-electron chi connectivity index (χ1n) is 5.91. The fraction of sp³-hybridized carbons (Fsp3) is 0.462. The summed E-state index contributed by atoms with van der Waals surface area (Å²) in [6, 6.07) is 7.85. The maximum atomic E-state index is 11.3. The molecule has 0 spiro atoms. The van der Waals surface area contributed by atoms with Crippen LogP contribution in [0.15, 0.2) is 24.3 Å². The number of amides is 1. The highest BCUT2D eigenvalue weighted by molar-refractivity contribution is 5.77. The first-order valence-corrected chi connectivity index (χ1v) is 5.91. The molecule has 0 saturated heterocycles. The van der Waals surface area contributed by atoms with Crippen molar-refractivity contribution in [3.63, 3.8) is 0 Å². The molecule has 0 fully saturated rings. The van der Waals surface area contributed by atoms with Crippen LogP contribution >= 0.6 is 0 Å². The molecule has 4 heteroatoms. The molecule has 4 nitrogen and oxygen atoms in total. The lowest BCUT2D eigenvalue weighted by Gasteiger charge is -2.15. The third-order valence-electron chi connectivity index (χ3n) is 2.55. The van der Waals surface area contributed by atoms with E-state index in [4.69, 9.17) is 5.73 Å². The summed E-state index contributed by atoms with van der Waals surface area (Å²) in [6.45, 7) is 3.92. The van der Waals surface area contributed by atoms with Crippen LogP contribution in [0.25, 0.3) is 0 Å². The molecule has 0 saturated carbocycles. The van der Waals surface area contributed by atoms with E-state index in [1.165, 1.54) is 5.56 Å². The van der Waals surface area contributed by atoms with Gasteiger partial charge in [0.15, 0.2) is 0 Å². The Bertz CT molecular complexity index is 348. The highest BCUT2D eigenvalue weighted by atomic mass is 16.1. The Balaban J connectivity index is 2.30. The number of rotatable bonds is 6. The van der Waals surface area contributed by atoms with Crippen molar-refractivity contribution < 1.29 is 4.79 Å². The standard InChI is InChI=1S/C13H21N3O/c1-3-15-13(17)10-16(2)9-8-11-4-6-12(14)7-5-11/h4-7H,3,8-10,14H2,1-2H3,(H,15,17). The molecule has 1 aromatic carbocycles. The Labute approximate surface area is 103 Å². The number of anilines is 1. The monoisotopic (exact) mass is 235 g/mol. The fourth-order valence-corrected chi connectivity index (χ4v) is 1.58. The van der Waals surface area contributed by atoms with Crippen LogP contribution in [-0.2, 0) is 11.2 Å². The van der Waals surface area contributed by atoms with Gasteiger partial charge in [-0.3, -0.25) is 9.69 Å². The van der Waals surface area contributed by atoms with Crippen LogP contribution < -0.4 is 11.1 Å². The van der Waals surface area contributed by atoms with Gasteiger partial charge in [-0.2, -0.15) is 0 Å². The predicted octanol–water partition coefficient (Wildman–Crippen LogP) is 0.879. The molecule has 0 aliphatic carbocycles. The van der Waals surface area contributed by atoms with Gasteiger partial charge in [0.2, 0.25) is 5.91 Å². The number of carbonyl (C=O) groups is 1. The number of benzene rings is 1. The van der Waals surface area contributed by atoms with Gasteiger partial charge in [-0.15, -0.1) is 0 Å². The van der Waals surface area contributed by atoms with Crippen LogP contribution in [0.1, 0.15) is 12.5 Å². The van der Waals surface area contributed by atoms with Crippen molar-refractivity contribution in [1.82, 2.24) is 10.2 Å². The summed E-state index contributed by atoms with van der Waals surface area (Å²) in [5, 5.41) is 2.78. The summed E-state index contributed by atoms with van der Waals surface area (Å²) in [7, 11) is 1.95. The number of nitrogens with two attached hydrogens (primary N) is 1. The molecule has 0 unspecified atom stereocenters. The quantitative estimate of drug-likeness (QED) is 0.720. The van der Waals surface area contributed by atoms with E-state index in [1.807, 2.05) is 43.1 Å². The first-order chi connectivity index (χ1) is 8.11. The van der Waals surface area contributed by atoms with Crippen molar-refractivity contribution in [3.05, 3.63) is 29.8 Å². The minimum Gasteiger partial charge on any atom is -0.399 e. The van der Waals surface area contributed by atoms with Gasteiger partial charge in [-0.25, -0.2) is 0 Å². The predicted molar refractivity (Wildman–Crippen MR) is 70.7 cm³/mol. The topological polar surface area (TPSA) is 58.4 Å². The smallest absolute Gasteiger partial charge is 0.234 e. The molecule has 1 amide bonds. The average molecular weight is 235 g/mol. The van der Waals surface area contributed by atoms with Gasteiger partial charge >= 0.3 is 0 Å². The van der Waals surface area contributed by atoms with Gasteiger partial charge in [0, 0.05) is 18.8 Å². The van der Waals surface area contributed by atoms with Crippen LogP contribution in [0.4, 0.5) is 5.69 Å². The number of nitrogens with zero attached hydrogens (tertiary/aromatic N) is 1. The first kappa shape index (κ1) is 13.5. The number of hydrogen-bond donors (Lipinski definition) is 2. The number of nitrogens with one attached hydrogen (secondary N) is 1. The number of likely N-dealkylation sites (N-methyl/N-ethyl adjacent to an activating group) is 2. The maximum Gasteiger partial charge on any atom is 0.234 e. The largest absolute Gasteiger partial charge is 0.399 e. The van der Waals surface area contributed by atoms with Gasteiger partial charge in [-0.1, -0.05) is 12.1 Å². The van der Waals surface area contributed by atoms with Gasteiger partial charge in [0.05, 0.1) is 6.54 Å². The van der Waals surface area contributed by atoms with E-state index in [1.54, 1.807) is 0 Å². The Morgan fingerprint density at radius 1 is 1.35 bits per heavy atom. The van der Waals surface area contributed by atoms with E-state index < -0.39 is 0 Å². The second-order valence-electron chi connectivity index (χ2n) is 4.18. The number of hydrogen-bond acceptors (Lipinski definition) is 3. The summed E-state index contributed by atoms with van der Waals surface area (Å²) in [5.74, 6) is 0.0762. The Morgan fingerprint density at radius 3 is 2.59 bits per heavy atom. The van der Waals surface area contributed by atoms with Crippen LogP contribution in [0.2, 0.25) is 0 Å². The Kier molecular flexibility index (Phi) is 5.49. The van der Waals surface area contributed by atoms with Crippen LogP contribution in [0, 0.1) is 0 Å². The Morgan fingerprint density at radius 2 is 2.00 bits per heavy atom. The zero-order valence-corrected chi connectivity index (χ0v) is 10.6. The molecule has 3 N–H and O–H groups in total. The number of carbonyl (C=O) groups excluding carboxylic acids is 1. The molecule has 0 aromatic heterocycles. The van der Waals surface area contributed by atoms with Crippen LogP contribution in [0.5, 0.6) is 0 Å². The molecular formula is C13H21N3O. The summed E-state index contributed by atoms with van der Waals surface area (Å²) in [5.41, 5.74) is 7.64. The Hall–Kier alpha value is -1.55. The van der Waals surface area contributed by atoms with Crippen molar-refractivity contribution in [2.45, 2.75) is 13.3 Å². The van der Waals surface area contributed by atoms with Crippen molar-refractivity contribution >= 4 is 11.6 Å². The van der Waals surface area contributed by atoms with Gasteiger partial charge in [0.1, 0.15) is 0 Å². The van der Waals surface area contributed by atoms with E-state index in [9.17, 15) is 4.79 Å². The third kappa shape index (κ3) is 5.36. The third-order valence-corrected chi connectivity index (χ3v) is 2.55. The van der Waals surface area contributed by atoms with E-state index in [-0.39, 0.29) is 5.91 Å². The summed E-state index contributed by atoms with van der Waals surface area (Å²) in [6.07, 6.45) is 0.927. The molecule has 0 heterocycles. The lowest BCUT2D eigenvalue weighted by Crippen LogP contribution is -2.35. The molecule has 94 valence electrons. The van der Waals surface area contributed by atoms with E-state index in [2.05, 4.69) is 5.32 Å². The molecule has 0 radical (unpaired) electrons. The average Bonchev–Trinajstić information content (AvgIpc) is 2.28. The summed E-state index contributed by atoms with van der Waals surface area (Å²) >= 11 is 0. The molecule has 0 aliphatic rings. The van der Waals surface area contributed by atoms with E-state index in [0.717, 1.165) is 18.7 Å². The normalized spacial score (nSPS) is 10.5. The lowest BCUT2D eigenvalue weighted by molar-refractivity contribution is -0.121. The van der Waals surface area contributed by atoms with Crippen molar-refractivity contribution in [2.24, 2.45) is 0 Å². The van der Waals surface area contributed by atoms with Gasteiger partial charge in [0.25, 0.3) is 0 Å². The van der Waals surface area contributed by atoms with Crippen molar-refractivity contribution in [3.8, 4) is 0 Å². The zero-order chi connectivity index (χ0) is 12.7. The fourth-order valence-electron chi connectivity index (χ4n) is 1.58. The van der Waals surface area contributed by atoms with Crippen LogP contribution in [0.3, 0.4) is 0 Å². The summed E-state index contributed by atoms with van der Waals surface area (Å²) < 4.78 is 0. The van der Waals surface area contributed by atoms with Gasteiger partial charge in [-0.05, 0) is 38.1 Å². The minimum absolute atomic E-state index is 0.0762. The molecule has 0 bridgehead atoms. The maximum absolute atomic E-state index is 11.3. The molecular weight excluding hydrogens is 214 g/mol. The highest BCUT2D eigenvalue weighted by Crippen LogP contribution is 2.06. The van der Waals surface area contributed by atoms with Crippen molar-refractivity contribution in [1.29, 1.82) is 0 Å². The molecule has 0 atom stereocenters. The molecule has 1 aromatic rings. The van der Waals surface area contributed by atoms with Gasteiger partial charge < -0.3 is 11.1 Å². The SMILES string of the molecule is CCNC(=O)CN(C)CCc1ccc(N)cc1. The molecule has 17 heavy (non-hydrogen) atoms. The van der Waals surface area contributed by atoms with Crippen molar-refractivity contribution in [2.75, 3.05) is 32.4 Å². The van der Waals surface area contributed by atoms with E-state index >= 15 is 0 Å². The number of nitrogen functional groups attached to an aromatic ring is 1. The molecule has 1 rings (SSSR count). The highest BCUT2D eigenvalue weighted by Gasteiger charge is 2.05. The summed E-state index contributed by atoms with van der Waals surface area (Å²) in [4.78, 5) is 13.4. The second-order valence-corrected chi connectivity index (χ2v) is 4.18. The lowest BCUT2D eigenvalue weighted by atomic mass is 10.1. The molecule has 0 aliphatic heterocycles. The minimum atomic E-state index is 0.0762. The zero-order valence-electron chi connectivity index (χ0n) is 10.6. The van der Waals surface area contributed by atoms with E-state index in [0.29, 0.717) is 13.1 Å². The second kappa shape index (κ2) is 6.91. The van der Waals surface area contributed by atoms with Crippen LogP contribution in [-0.4, -0.2) is 37.5 Å².